The quantitative estimate of drug-likeness (QED) is 0.869. The number of halogens is 2. The molecule has 0 aromatic heterocycles. The average Bonchev–Trinajstić information content (AvgIpc) is 2.99. The summed E-state index contributed by atoms with van der Waals surface area (Å²) in [5.41, 5.74) is 0.198. The maximum atomic E-state index is 11.7. The SMILES string of the molecule is O=C(NC1CC1)c1cc(Cl)cc(S(=O)(=O)Cl)c1. The highest BCUT2D eigenvalue weighted by Crippen LogP contribution is 2.23. The Kier molecular flexibility index (Phi) is 3.34. The maximum Gasteiger partial charge on any atom is 0.261 e. The lowest BCUT2D eigenvalue weighted by Gasteiger charge is -2.05. The van der Waals surface area contributed by atoms with E-state index in [2.05, 4.69) is 5.32 Å². The van der Waals surface area contributed by atoms with E-state index >= 15 is 0 Å². The summed E-state index contributed by atoms with van der Waals surface area (Å²) in [4.78, 5) is 11.5. The molecule has 1 saturated carbocycles. The fourth-order valence-corrected chi connectivity index (χ4v) is 2.43. The molecule has 4 nitrogen and oxygen atoms in total. The summed E-state index contributed by atoms with van der Waals surface area (Å²) < 4.78 is 22.3. The molecule has 0 saturated heterocycles. The van der Waals surface area contributed by atoms with Gasteiger partial charge in [-0.15, -0.1) is 0 Å². The standard InChI is InChI=1S/C10H9Cl2NO3S/c11-7-3-6(10(14)13-8-1-2-8)4-9(5-7)17(12,15)16/h3-5,8H,1-2H2,(H,13,14). The highest BCUT2D eigenvalue weighted by atomic mass is 35.7. The fourth-order valence-electron chi connectivity index (χ4n) is 1.33. The Labute approximate surface area is 108 Å². The minimum absolute atomic E-state index is 0.160. The fraction of sp³-hybridized carbons (Fsp3) is 0.300. The van der Waals surface area contributed by atoms with Crippen LogP contribution in [0.4, 0.5) is 0 Å². The third-order valence-electron chi connectivity index (χ3n) is 2.33. The van der Waals surface area contributed by atoms with Crippen LogP contribution in [0.2, 0.25) is 5.02 Å². The van der Waals surface area contributed by atoms with Gasteiger partial charge in [-0.25, -0.2) is 8.42 Å². The van der Waals surface area contributed by atoms with Crippen LogP contribution in [0.25, 0.3) is 0 Å². The molecule has 1 amide bonds. The van der Waals surface area contributed by atoms with Gasteiger partial charge < -0.3 is 5.32 Å². The molecule has 0 spiro atoms. The molecular weight excluding hydrogens is 285 g/mol. The van der Waals surface area contributed by atoms with E-state index < -0.39 is 9.05 Å². The molecule has 7 heteroatoms. The topological polar surface area (TPSA) is 63.2 Å². The Morgan fingerprint density at radius 3 is 2.47 bits per heavy atom. The van der Waals surface area contributed by atoms with Crippen molar-refractivity contribution in [2.24, 2.45) is 0 Å². The van der Waals surface area contributed by atoms with E-state index in [0.717, 1.165) is 12.8 Å². The van der Waals surface area contributed by atoms with Gasteiger partial charge in [-0.2, -0.15) is 0 Å². The molecule has 1 aromatic rings. The molecule has 1 aliphatic rings. The van der Waals surface area contributed by atoms with E-state index in [1.54, 1.807) is 0 Å². The monoisotopic (exact) mass is 293 g/mol. The second-order valence-electron chi connectivity index (χ2n) is 3.86. The van der Waals surface area contributed by atoms with Gasteiger partial charge in [0.15, 0.2) is 0 Å². The molecule has 0 unspecified atom stereocenters. The van der Waals surface area contributed by atoms with Gasteiger partial charge in [0, 0.05) is 27.3 Å². The van der Waals surface area contributed by atoms with Crippen LogP contribution in [0, 0.1) is 0 Å². The smallest absolute Gasteiger partial charge is 0.261 e. The molecular formula is C10H9Cl2NO3S. The predicted octanol–water partition coefficient (Wildman–Crippen LogP) is 2.16. The molecule has 1 aromatic carbocycles. The van der Waals surface area contributed by atoms with Crippen LogP contribution in [0.1, 0.15) is 23.2 Å². The van der Waals surface area contributed by atoms with Crippen molar-refractivity contribution in [1.29, 1.82) is 0 Å². The van der Waals surface area contributed by atoms with Gasteiger partial charge in [-0.3, -0.25) is 4.79 Å². The Morgan fingerprint density at radius 1 is 1.29 bits per heavy atom. The number of benzene rings is 1. The third kappa shape index (κ3) is 3.34. The lowest BCUT2D eigenvalue weighted by atomic mass is 10.2. The number of nitrogens with one attached hydrogen (secondary N) is 1. The van der Waals surface area contributed by atoms with Crippen LogP contribution in [0.3, 0.4) is 0 Å². The van der Waals surface area contributed by atoms with E-state index in [1.165, 1.54) is 18.2 Å². The highest BCUT2D eigenvalue weighted by Gasteiger charge is 2.24. The number of hydrogen-bond donors (Lipinski definition) is 1. The summed E-state index contributed by atoms with van der Waals surface area (Å²) in [6.45, 7) is 0. The van der Waals surface area contributed by atoms with Gasteiger partial charge in [0.2, 0.25) is 0 Å². The summed E-state index contributed by atoms with van der Waals surface area (Å²) in [6.07, 6.45) is 1.90. The summed E-state index contributed by atoms with van der Waals surface area (Å²) >= 11 is 5.75. The van der Waals surface area contributed by atoms with E-state index in [9.17, 15) is 13.2 Å². The van der Waals surface area contributed by atoms with E-state index in [1.807, 2.05) is 0 Å². The second-order valence-corrected chi connectivity index (χ2v) is 6.86. The third-order valence-corrected chi connectivity index (χ3v) is 3.88. The van der Waals surface area contributed by atoms with Crippen molar-refractivity contribution >= 4 is 37.2 Å². The summed E-state index contributed by atoms with van der Waals surface area (Å²) in [6, 6.07) is 4.02. The number of carbonyl (C=O) groups excluding carboxylic acids is 1. The zero-order chi connectivity index (χ0) is 12.6. The molecule has 0 atom stereocenters. The Hall–Kier alpha value is -0.780. The number of carbonyl (C=O) groups is 1. The van der Waals surface area contributed by atoms with Crippen molar-refractivity contribution in [2.75, 3.05) is 0 Å². The molecule has 1 fully saturated rings. The first-order valence-corrected chi connectivity index (χ1v) is 7.61. The molecule has 1 N–H and O–H groups in total. The van der Waals surface area contributed by atoms with Crippen LogP contribution in [0.5, 0.6) is 0 Å². The Bertz CT molecular complexity index is 567. The van der Waals surface area contributed by atoms with Gasteiger partial charge in [-0.1, -0.05) is 11.6 Å². The Balaban J connectivity index is 2.33. The summed E-state index contributed by atoms with van der Waals surface area (Å²) in [5.74, 6) is -0.337. The van der Waals surface area contributed by atoms with Crippen molar-refractivity contribution in [3.8, 4) is 0 Å². The minimum Gasteiger partial charge on any atom is -0.349 e. The molecule has 2 rings (SSSR count). The van der Waals surface area contributed by atoms with Crippen LogP contribution in [-0.2, 0) is 9.05 Å². The van der Waals surface area contributed by atoms with Crippen LogP contribution >= 0.6 is 22.3 Å². The van der Waals surface area contributed by atoms with E-state index in [4.69, 9.17) is 22.3 Å². The lowest BCUT2D eigenvalue weighted by molar-refractivity contribution is 0.0951. The average molecular weight is 294 g/mol. The van der Waals surface area contributed by atoms with Crippen molar-refractivity contribution in [1.82, 2.24) is 5.32 Å². The first-order valence-electron chi connectivity index (χ1n) is 4.92. The summed E-state index contributed by atoms with van der Waals surface area (Å²) in [5, 5.41) is 2.90. The first kappa shape index (κ1) is 12.7. The second kappa shape index (κ2) is 4.48. The van der Waals surface area contributed by atoms with Gasteiger partial charge in [0.05, 0.1) is 4.90 Å². The summed E-state index contributed by atoms with van der Waals surface area (Å²) in [7, 11) is 1.32. The number of rotatable bonds is 3. The zero-order valence-corrected chi connectivity index (χ0v) is 10.9. The van der Waals surface area contributed by atoms with Crippen LogP contribution < -0.4 is 5.32 Å². The van der Waals surface area contributed by atoms with Crippen LogP contribution in [-0.4, -0.2) is 20.4 Å². The molecule has 17 heavy (non-hydrogen) atoms. The molecule has 0 aliphatic heterocycles. The largest absolute Gasteiger partial charge is 0.349 e. The van der Waals surface area contributed by atoms with Crippen molar-refractivity contribution in [2.45, 2.75) is 23.8 Å². The molecule has 92 valence electrons. The molecule has 0 heterocycles. The maximum absolute atomic E-state index is 11.7. The zero-order valence-electron chi connectivity index (χ0n) is 8.61. The highest BCUT2D eigenvalue weighted by molar-refractivity contribution is 8.13. The normalized spacial score (nSPS) is 15.6. The molecule has 1 aliphatic carbocycles. The number of hydrogen-bond acceptors (Lipinski definition) is 3. The van der Waals surface area contributed by atoms with Gasteiger partial charge in [-0.05, 0) is 31.0 Å². The van der Waals surface area contributed by atoms with Crippen molar-refractivity contribution < 1.29 is 13.2 Å². The van der Waals surface area contributed by atoms with Gasteiger partial charge in [0.1, 0.15) is 0 Å². The van der Waals surface area contributed by atoms with E-state index in [-0.39, 0.29) is 27.4 Å². The van der Waals surface area contributed by atoms with E-state index in [0.29, 0.717) is 0 Å². The van der Waals surface area contributed by atoms with Gasteiger partial charge >= 0.3 is 0 Å². The van der Waals surface area contributed by atoms with Crippen LogP contribution in [0.15, 0.2) is 23.1 Å². The minimum atomic E-state index is -3.89. The lowest BCUT2D eigenvalue weighted by Crippen LogP contribution is -2.25. The van der Waals surface area contributed by atoms with Gasteiger partial charge in [0.25, 0.3) is 15.0 Å². The van der Waals surface area contributed by atoms with Crippen molar-refractivity contribution in [3.63, 3.8) is 0 Å². The Morgan fingerprint density at radius 2 is 1.94 bits per heavy atom. The molecule has 0 radical (unpaired) electrons. The predicted molar refractivity (Wildman–Crippen MR) is 65.0 cm³/mol. The van der Waals surface area contributed by atoms with Crippen molar-refractivity contribution in [3.05, 3.63) is 28.8 Å². The molecule has 0 bridgehead atoms. The first-order chi connectivity index (χ1) is 7.86. The number of amides is 1.